The predicted octanol–water partition coefficient (Wildman–Crippen LogP) is 1.14. The highest BCUT2D eigenvalue weighted by Crippen LogP contribution is 1.94. The second-order valence-corrected chi connectivity index (χ2v) is 3.53. The van der Waals surface area contributed by atoms with Crippen molar-refractivity contribution in [2.45, 2.75) is 25.9 Å². The van der Waals surface area contributed by atoms with E-state index < -0.39 is 0 Å². The van der Waals surface area contributed by atoms with Crippen LogP contribution in [0.3, 0.4) is 0 Å². The molecule has 72 valence electrons. The van der Waals surface area contributed by atoms with E-state index in [1.54, 1.807) is 0 Å². The van der Waals surface area contributed by atoms with Gasteiger partial charge in [0.25, 0.3) is 0 Å². The van der Waals surface area contributed by atoms with Crippen LogP contribution in [-0.4, -0.2) is 5.75 Å². The Morgan fingerprint density at radius 1 is 1.23 bits per heavy atom. The molecule has 0 aliphatic heterocycles. The van der Waals surface area contributed by atoms with Crippen LogP contribution in [0.2, 0.25) is 0 Å². The summed E-state index contributed by atoms with van der Waals surface area (Å²) in [5, 5.41) is 0. The molecule has 0 radical (unpaired) electrons. The van der Waals surface area contributed by atoms with Gasteiger partial charge < -0.3 is 5.73 Å². The number of rotatable bonds is 5. The first-order chi connectivity index (χ1) is 6.36. The van der Waals surface area contributed by atoms with Crippen molar-refractivity contribution in [3.05, 3.63) is 30.1 Å². The van der Waals surface area contributed by atoms with E-state index in [2.05, 4.69) is 41.7 Å². The van der Waals surface area contributed by atoms with Gasteiger partial charge in [-0.05, 0) is 17.7 Å². The van der Waals surface area contributed by atoms with Gasteiger partial charge in [-0.3, -0.25) is 0 Å². The van der Waals surface area contributed by atoms with Crippen LogP contribution in [0.5, 0.6) is 0 Å². The molecule has 3 heteroatoms. The molecule has 0 fully saturated rings. The Morgan fingerprint density at radius 3 is 2.46 bits per heavy atom. The molecule has 0 unspecified atom stereocenters. The fourth-order valence-electron chi connectivity index (χ4n) is 1.18. The minimum atomic E-state index is 0.622. The van der Waals surface area contributed by atoms with Gasteiger partial charge >= 0.3 is 0 Å². The zero-order valence-corrected chi connectivity index (χ0v) is 8.71. The number of hydrogen-bond acceptors (Lipinski definition) is 2. The summed E-state index contributed by atoms with van der Waals surface area (Å²) in [7, 11) is 0. The number of pyridine rings is 1. The molecule has 0 spiro atoms. The zero-order valence-electron chi connectivity index (χ0n) is 7.82. The molecule has 1 aromatic heterocycles. The third-order valence-electron chi connectivity index (χ3n) is 2.02. The summed E-state index contributed by atoms with van der Waals surface area (Å²) < 4.78 is 2.18. The number of thiol groups is 1. The average Bonchev–Trinajstić information content (AvgIpc) is 2.19. The van der Waals surface area contributed by atoms with Crippen molar-refractivity contribution < 1.29 is 4.57 Å². The lowest BCUT2D eigenvalue weighted by atomic mass is 10.2. The molecule has 0 atom stereocenters. The van der Waals surface area contributed by atoms with E-state index in [-0.39, 0.29) is 0 Å². The van der Waals surface area contributed by atoms with Crippen LogP contribution in [0.25, 0.3) is 0 Å². The molecule has 0 saturated carbocycles. The number of nitrogens with two attached hydrogens (primary N) is 1. The summed E-state index contributed by atoms with van der Waals surface area (Å²) in [4.78, 5) is 0. The first-order valence-electron chi connectivity index (χ1n) is 4.65. The van der Waals surface area contributed by atoms with Crippen LogP contribution >= 0.6 is 12.6 Å². The van der Waals surface area contributed by atoms with Crippen molar-refractivity contribution in [2.24, 2.45) is 5.73 Å². The molecular formula is C10H17N2S+. The van der Waals surface area contributed by atoms with Crippen LogP contribution in [-0.2, 0) is 13.1 Å². The second-order valence-electron chi connectivity index (χ2n) is 3.08. The van der Waals surface area contributed by atoms with E-state index in [0.717, 1.165) is 12.3 Å². The van der Waals surface area contributed by atoms with Gasteiger partial charge in [0.05, 0.1) is 0 Å². The van der Waals surface area contributed by atoms with E-state index >= 15 is 0 Å². The Labute approximate surface area is 85.2 Å². The number of unbranched alkanes of at least 4 members (excludes halogenated alkanes) is 1. The van der Waals surface area contributed by atoms with Gasteiger partial charge in [-0.15, -0.1) is 0 Å². The summed E-state index contributed by atoms with van der Waals surface area (Å²) in [6, 6.07) is 4.14. The quantitative estimate of drug-likeness (QED) is 0.414. The molecule has 2 nitrogen and oxygen atoms in total. The summed E-state index contributed by atoms with van der Waals surface area (Å²) in [5.41, 5.74) is 6.69. The lowest BCUT2D eigenvalue weighted by molar-refractivity contribution is -0.697. The largest absolute Gasteiger partial charge is 0.326 e. The monoisotopic (exact) mass is 197 g/mol. The maximum absolute atomic E-state index is 5.50. The lowest BCUT2D eigenvalue weighted by Gasteiger charge is -1.97. The van der Waals surface area contributed by atoms with Crippen LogP contribution in [0.1, 0.15) is 18.4 Å². The van der Waals surface area contributed by atoms with E-state index in [9.17, 15) is 0 Å². The zero-order chi connectivity index (χ0) is 9.52. The highest BCUT2D eigenvalue weighted by Gasteiger charge is 1.98. The lowest BCUT2D eigenvalue weighted by Crippen LogP contribution is -2.32. The number of aryl methyl sites for hydroxylation is 1. The maximum atomic E-state index is 5.50. The van der Waals surface area contributed by atoms with E-state index in [1.807, 2.05) is 0 Å². The van der Waals surface area contributed by atoms with Crippen molar-refractivity contribution in [3.8, 4) is 0 Å². The Hall–Kier alpha value is -0.540. The van der Waals surface area contributed by atoms with E-state index in [4.69, 9.17) is 5.73 Å². The third-order valence-corrected chi connectivity index (χ3v) is 2.34. The molecule has 0 aliphatic carbocycles. The standard InChI is InChI=1S/C10H16N2S/c11-9-10-3-6-12(7-4-10)5-1-2-8-13/h3-4,6-7H,1-2,5,8-9,11H2/p+1. The molecule has 1 rings (SSSR count). The molecule has 0 bridgehead atoms. The normalized spacial score (nSPS) is 10.3. The van der Waals surface area contributed by atoms with Crippen LogP contribution < -0.4 is 10.3 Å². The van der Waals surface area contributed by atoms with Crippen molar-refractivity contribution in [1.29, 1.82) is 0 Å². The smallest absolute Gasteiger partial charge is 0.169 e. The molecule has 1 heterocycles. The molecule has 2 N–H and O–H groups in total. The topological polar surface area (TPSA) is 29.9 Å². The van der Waals surface area contributed by atoms with Gasteiger partial charge in [0, 0.05) is 25.1 Å². The molecule has 0 amide bonds. The maximum Gasteiger partial charge on any atom is 0.169 e. The van der Waals surface area contributed by atoms with Gasteiger partial charge in [0.15, 0.2) is 12.4 Å². The first-order valence-corrected chi connectivity index (χ1v) is 5.29. The van der Waals surface area contributed by atoms with Gasteiger partial charge in [-0.2, -0.15) is 12.6 Å². The molecular weight excluding hydrogens is 180 g/mol. The number of aromatic nitrogens is 1. The molecule has 1 aromatic rings. The van der Waals surface area contributed by atoms with Crippen molar-refractivity contribution in [3.63, 3.8) is 0 Å². The Balaban J connectivity index is 2.40. The summed E-state index contributed by atoms with van der Waals surface area (Å²) in [5.74, 6) is 0.974. The summed E-state index contributed by atoms with van der Waals surface area (Å²) in [6.07, 6.45) is 6.53. The molecule has 13 heavy (non-hydrogen) atoms. The van der Waals surface area contributed by atoms with Gasteiger partial charge in [-0.25, -0.2) is 4.57 Å². The highest BCUT2D eigenvalue weighted by atomic mass is 32.1. The minimum absolute atomic E-state index is 0.622. The Bertz CT molecular complexity index is 233. The van der Waals surface area contributed by atoms with Crippen LogP contribution in [0, 0.1) is 0 Å². The first kappa shape index (κ1) is 10.5. The van der Waals surface area contributed by atoms with Crippen LogP contribution in [0.4, 0.5) is 0 Å². The van der Waals surface area contributed by atoms with Gasteiger partial charge in [-0.1, -0.05) is 0 Å². The van der Waals surface area contributed by atoms with Crippen molar-refractivity contribution in [1.82, 2.24) is 0 Å². The fraction of sp³-hybridized carbons (Fsp3) is 0.500. The average molecular weight is 197 g/mol. The summed E-state index contributed by atoms with van der Waals surface area (Å²) >= 11 is 4.17. The third kappa shape index (κ3) is 3.79. The highest BCUT2D eigenvalue weighted by molar-refractivity contribution is 7.80. The van der Waals surface area contributed by atoms with Crippen molar-refractivity contribution in [2.75, 3.05) is 5.75 Å². The Morgan fingerprint density at radius 2 is 1.92 bits per heavy atom. The molecule has 0 aromatic carbocycles. The predicted molar refractivity (Wildman–Crippen MR) is 57.6 cm³/mol. The summed E-state index contributed by atoms with van der Waals surface area (Å²) in [6.45, 7) is 1.70. The van der Waals surface area contributed by atoms with Crippen LogP contribution in [0.15, 0.2) is 24.5 Å². The van der Waals surface area contributed by atoms with Crippen molar-refractivity contribution >= 4 is 12.6 Å². The van der Waals surface area contributed by atoms with E-state index in [0.29, 0.717) is 6.54 Å². The number of nitrogens with zero attached hydrogens (tertiary/aromatic N) is 1. The second kappa shape index (κ2) is 6.00. The SMILES string of the molecule is NCc1cc[n+](CCCCS)cc1. The minimum Gasteiger partial charge on any atom is -0.326 e. The molecule has 0 aliphatic rings. The molecule has 0 saturated heterocycles. The number of hydrogen-bond donors (Lipinski definition) is 2. The Kier molecular flexibility index (Phi) is 4.86. The van der Waals surface area contributed by atoms with Gasteiger partial charge in [0.2, 0.25) is 0 Å². The van der Waals surface area contributed by atoms with Gasteiger partial charge in [0.1, 0.15) is 6.54 Å². The van der Waals surface area contributed by atoms with E-state index in [1.165, 1.54) is 18.4 Å². The fourth-order valence-corrected chi connectivity index (χ4v) is 1.40.